The number of benzene rings is 1. The van der Waals surface area contributed by atoms with Gasteiger partial charge in [-0.05, 0) is 38.3 Å². The number of aromatic nitrogens is 2. The van der Waals surface area contributed by atoms with Gasteiger partial charge in [-0.3, -0.25) is 4.79 Å². The van der Waals surface area contributed by atoms with E-state index in [1.807, 2.05) is 43.3 Å². The van der Waals surface area contributed by atoms with Crippen LogP contribution in [0.2, 0.25) is 0 Å². The quantitative estimate of drug-likeness (QED) is 0.696. The van der Waals surface area contributed by atoms with E-state index in [0.29, 0.717) is 24.8 Å². The molecular weight excluding hydrogens is 342 g/mol. The van der Waals surface area contributed by atoms with Gasteiger partial charge in [-0.15, -0.1) is 0 Å². The number of aryl methyl sites for hydroxylation is 1. The molecule has 7 nitrogen and oxygen atoms in total. The first-order valence-electron chi connectivity index (χ1n) is 9.50. The number of rotatable bonds is 8. The maximum atomic E-state index is 11.8. The van der Waals surface area contributed by atoms with Crippen molar-refractivity contribution in [1.29, 1.82) is 0 Å². The largest absolute Gasteiger partial charge is 0.484 e. The number of piperidine rings is 1. The highest BCUT2D eigenvalue weighted by molar-refractivity contribution is 5.77. The Balaban J connectivity index is 1.40. The van der Waals surface area contributed by atoms with Gasteiger partial charge < -0.3 is 20.3 Å². The van der Waals surface area contributed by atoms with E-state index in [-0.39, 0.29) is 12.5 Å². The van der Waals surface area contributed by atoms with Crippen LogP contribution in [-0.4, -0.2) is 48.7 Å². The lowest BCUT2D eigenvalue weighted by molar-refractivity contribution is -0.123. The van der Waals surface area contributed by atoms with Gasteiger partial charge in [0.05, 0.1) is 0 Å². The number of para-hydroxylation sites is 1. The zero-order valence-corrected chi connectivity index (χ0v) is 15.8. The van der Waals surface area contributed by atoms with E-state index in [0.717, 1.165) is 24.6 Å². The van der Waals surface area contributed by atoms with Crippen molar-refractivity contribution < 1.29 is 9.53 Å². The molecule has 0 saturated carbocycles. The predicted octanol–water partition coefficient (Wildman–Crippen LogP) is 2.38. The van der Waals surface area contributed by atoms with Gasteiger partial charge in [-0.2, -0.15) is 4.98 Å². The highest BCUT2D eigenvalue weighted by Gasteiger charge is 2.13. The van der Waals surface area contributed by atoms with Crippen LogP contribution >= 0.6 is 0 Å². The van der Waals surface area contributed by atoms with Gasteiger partial charge in [0.25, 0.3) is 5.91 Å². The Morgan fingerprint density at radius 1 is 1.11 bits per heavy atom. The fourth-order valence-corrected chi connectivity index (χ4v) is 3.01. The van der Waals surface area contributed by atoms with Crippen LogP contribution in [-0.2, 0) is 4.79 Å². The van der Waals surface area contributed by atoms with Crippen molar-refractivity contribution in [2.45, 2.75) is 26.2 Å². The van der Waals surface area contributed by atoms with Crippen LogP contribution in [0.5, 0.6) is 5.75 Å². The van der Waals surface area contributed by atoms with Crippen molar-refractivity contribution >= 4 is 17.7 Å². The van der Waals surface area contributed by atoms with Gasteiger partial charge in [0, 0.05) is 37.9 Å². The first-order chi connectivity index (χ1) is 13.2. The lowest BCUT2D eigenvalue weighted by Crippen LogP contribution is -2.33. The van der Waals surface area contributed by atoms with Gasteiger partial charge in [0.1, 0.15) is 11.6 Å². The molecule has 1 aromatic carbocycles. The Morgan fingerprint density at radius 3 is 2.67 bits per heavy atom. The highest BCUT2D eigenvalue weighted by atomic mass is 16.5. The first kappa shape index (κ1) is 18.9. The summed E-state index contributed by atoms with van der Waals surface area (Å²) in [5.74, 6) is 2.11. The molecule has 2 heterocycles. The van der Waals surface area contributed by atoms with Crippen LogP contribution in [0.4, 0.5) is 11.8 Å². The summed E-state index contributed by atoms with van der Waals surface area (Å²) in [4.78, 5) is 23.2. The summed E-state index contributed by atoms with van der Waals surface area (Å²) < 4.78 is 5.42. The third kappa shape index (κ3) is 6.13. The molecule has 2 aromatic rings. The van der Waals surface area contributed by atoms with Crippen molar-refractivity contribution in [2.75, 3.05) is 43.0 Å². The second-order valence-electron chi connectivity index (χ2n) is 6.62. The van der Waals surface area contributed by atoms with Gasteiger partial charge >= 0.3 is 0 Å². The van der Waals surface area contributed by atoms with E-state index in [2.05, 4.69) is 25.5 Å². The van der Waals surface area contributed by atoms with Crippen molar-refractivity contribution in [3.05, 3.63) is 42.1 Å². The topological polar surface area (TPSA) is 79.4 Å². The molecule has 1 aliphatic heterocycles. The van der Waals surface area contributed by atoms with Crippen LogP contribution in [0.25, 0.3) is 0 Å². The number of amides is 1. The molecule has 2 N–H and O–H groups in total. The van der Waals surface area contributed by atoms with Crippen LogP contribution in [0.15, 0.2) is 36.4 Å². The molecule has 0 radical (unpaired) electrons. The molecular formula is C20H27N5O2. The summed E-state index contributed by atoms with van der Waals surface area (Å²) in [6.45, 7) is 5.11. The molecule has 1 saturated heterocycles. The predicted molar refractivity (Wildman–Crippen MR) is 106 cm³/mol. The first-order valence-corrected chi connectivity index (χ1v) is 9.50. The number of ether oxygens (including phenoxy) is 1. The molecule has 7 heteroatoms. The van der Waals surface area contributed by atoms with Crippen LogP contribution < -0.4 is 20.3 Å². The molecule has 27 heavy (non-hydrogen) atoms. The zero-order valence-electron chi connectivity index (χ0n) is 15.8. The minimum atomic E-state index is -0.153. The van der Waals surface area contributed by atoms with E-state index in [1.165, 1.54) is 19.3 Å². The number of anilines is 2. The third-order valence-corrected chi connectivity index (χ3v) is 4.36. The van der Waals surface area contributed by atoms with Crippen LogP contribution in [0.1, 0.15) is 25.0 Å². The normalized spacial score (nSPS) is 13.9. The molecule has 0 bridgehead atoms. The van der Waals surface area contributed by atoms with Crippen LogP contribution in [0, 0.1) is 6.92 Å². The van der Waals surface area contributed by atoms with Gasteiger partial charge in [0.2, 0.25) is 5.95 Å². The fraction of sp³-hybridized carbons (Fsp3) is 0.450. The summed E-state index contributed by atoms with van der Waals surface area (Å²) in [6, 6.07) is 11.3. The second-order valence-corrected chi connectivity index (χ2v) is 6.62. The number of hydrogen-bond acceptors (Lipinski definition) is 6. The summed E-state index contributed by atoms with van der Waals surface area (Å²) in [6.07, 6.45) is 3.71. The summed E-state index contributed by atoms with van der Waals surface area (Å²) in [7, 11) is 0. The number of nitrogens with one attached hydrogen (secondary N) is 2. The average Bonchev–Trinajstić information content (AvgIpc) is 2.71. The smallest absolute Gasteiger partial charge is 0.258 e. The molecule has 0 atom stereocenters. The standard InChI is InChI=1S/C20H27N5O2/c1-16-14-18(25-12-6-3-7-13-25)24-20(23-16)22-11-10-21-19(26)15-27-17-8-4-2-5-9-17/h2,4-5,8-9,14H,3,6-7,10-13,15H2,1H3,(H,21,26)(H,22,23,24). The number of carbonyl (C=O) groups is 1. The van der Waals surface area contributed by atoms with E-state index in [4.69, 9.17) is 4.74 Å². The molecule has 1 aromatic heterocycles. The summed E-state index contributed by atoms with van der Waals surface area (Å²) in [5, 5.41) is 6.01. The minimum Gasteiger partial charge on any atom is -0.484 e. The lowest BCUT2D eigenvalue weighted by Gasteiger charge is -2.28. The number of hydrogen-bond donors (Lipinski definition) is 2. The van der Waals surface area contributed by atoms with Crippen molar-refractivity contribution in [2.24, 2.45) is 0 Å². The Hall–Kier alpha value is -2.83. The fourth-order valence-electron chi connectivity index (χ4n) is 3.01. The van der Waals surface area contributed by atoms with E-state index in [1.54, 1.807) is 0 Å². The van der Waals surface area contributed by atoms with Crippen molar-refractivity contribution in [1.82, 2.24) is 15.3 Å². The molecule has 0 unspecified atom stereocenters. The maximum absolute atomic E-state index is 11.8. The number of nitrogens with zero attached hydrogens (tertiary/aromatic N) is 3. The van der Waals surface area contributed by atoms with Crippen LogP contribution in [0.3, 0.4) is 0 Å². The Morgan fingerprint density at radius 2 is 1.89 bits per heavy atom. The molecule has 1 amide bonds. The maximum Gasteiger partial charge on any atom is 0.258 e. The van der Waals surface area contributed by atoms with Gasteiger partial charge in [0.15, 0.2) is 6.61 Å². The Kier molecular flexibility index (Phi) is 6.84. The average molecular weight is 369 g/mol. The molecule has 144 valence electrons. The lowest BCUT2D eigenvalue weighted by atomic mass is 10.1. The molecule has 1 fully saturated rings. The molecule has 1 aliphatic rings. The van der Waals surface area contributed by atoms with Gasteiger partial charge in [-0.1, -0.05) is 18.2 Å². The highest BCUT2D eigenvalue weighted by Crippen LogP contribution is 2.19. The van der Waals surface area contributed by atoms with Gasteiger partial charge in [-0.25, -0.2) is 4.98 Å². The Labute approximate surface area is 160 Å². The van der Waals surface area contributed by atoms with E-state index >= 15 is 0 Å². The molecule has 3 rings (SSSR count). The monoisotopic (exact) mass is 369 g/mol. The van der Waals surface area contributed by atoms with Crippen molar-refractivity contribution in [3.63, 3.8) is 0 Å². The summed E-state index contributed by atoms with van der Waals surface area (Å²) >= 11 is 0. The molecule has 0 aliphatic carbocycles. The Bertz CT molecular complexity index is 732. The minimum absolute atomic E-state index is 0.00403. The molecule has 0 spiro atoms. The zero-order chi connectivity index (χ0) is 18.9. The SMILES string of the molecule is Cc1cc(N2CCCCC2)nc(NCCNC(=O)COc2ccccc2)n1. The summed E-state index contributed by atoms with van der Waals surface area (Å²) in [5.41, 5.74) is 0.938. The van der Waals surface area contributed by atoms with E-state index < -0.39 is 0 Å². The van der Waals surface area contributed by atoms with E-state index in [9.17, 15) is 4.79 Å². The second kappa shape index (κ2) is 9.75. The number of carbonyl (C=O) groups excluding carboxylic acids is 1. The third-order valence-electron chi connectivity index (χ3n) is 4.36. The van der Waals surface area contributed by atoms with Crippen molar-refractivity contribution in [3.8, 4) is 5.75 Å².